The van der Waals surface area contributed by atoms with E-state index in [1.165, 1.54) is 0 Å². The van der Waals surface area contributed by atoms with E-state index in [-0.39, 0.29) is 4.99 Å². The number of nitrogens with zero attached hydrogens (tertiary/aromatic N) is 1. The molecule has 92 valence electrons. The molecule has 1 aromatic heterocycles. The molecule has 2 rings (SSSR count). The second-order valence-electron chi connectivity index (χ2n) is 3.56. The van der Waals surface area contributed by atoms with Gasteiger partial charge in [-0.3, -0.25) is 0 Å². The zero-order valence-corrected chi connectivity index (χ0v) is 11.5. The van der Waals surface area contributed by atoms with Crippen molar-refractivity contribution in [3.8, 4) is 0 Å². The zero-order valence-electron chi connectivity index (χ0n) is 9.15. The zero-order chi connectivity index (χ0) is 13.1. The molecule has 0 fully saturated rings. The number of halogens is 2. The standard InChI is InChI=1S/C12H9Cl2N3S/c13-7-4-8(14)6-9(5-7)16-11-3-1-2-10(17-11)12(15)18/h1-6H,(H2,15,18)(H,16,17). The molecule has 3 N–H and O–H groups in total. The fraction of sp³-hybridized carbons (Fsp3) is 0. The monoisotopic (exact) mass is 297 g/mol. The molecule has 18 heavy (non-hydrogen) atoms. The molecule has 6 heteroatoms. The molecule has 2 aromatic rings. The number of anilines is 2. The highest BCUT2D eigenvalue weighted by atomic mass is 35.5. The lowest BCUT2D eigenvalue weighted by molar-refractivity contribution is 1.28. The summed E-state index contributed by atoms with van der Waals surface area (Å²) < 4.78 is 0. The Morgan fingerprint density at radius 3 is 2.44 bits per heavy atom. The second kappa shape index (κ2) is 5.52. The van der Waals surface area contributed by atoms with Crippen molar-refractivity contribution in [2.75, 3.05) is 5.32 Å². The lowest BCUT2D eigenvalue weighted by Gasteiger charge is -2.07. The average molecular weight is 298 g/mol. The maximum Gasteiger partial charge on any atom is 0.131 e. The maximum atomic E-state index is 5.91. The molecule has 0 aliphatic rings. The Labute approximate surface area is 120 Å². The molecule has 0 radical (unpaired) electrons. The molecular weight excluding hydrogens is 289 g/mol. The minimum absolute atomic E-state index is 0.253. The lowest BCUT2D eigenvalue weighted by atomic mass is 10.3. The van der Waals surface area contributed by atoms with Crippen LogP contribution in [-0.2, 0) is 0 Å². The van der Waals surface area contributed by atoms with Crippen LogP contribution < -0.4 is 11.1 Å². The van der Waals surface area contributed by atoms with Gasteiger partial charge in [0.15, 0.2) is 0 Å². The highest BCUT2D eigenvalue weighted by Gasteiger charge is 2.02. The first-order valence-electron chi connectivity index (χ1n) is 5.04. The van der Waals surface area contributed by atoms with Crippen LogP contribution in [0.1, 0.15) is 5.69 Å². The van der Waals surface area contributed by atoms with Gasteiger partial charge in [0.05, 0.1) is 5.69 Å². The van der Waals surface area contributed by atoms with Gasteiger partial charge in [0.1, 0.15) is 10.8 Å². The minimum Gasteiger partial charge on any atom is -0.388 e. The van der Waals surface area contributed by atoms with Gasteiger partial charge in [0.2, 0.25) is 0 Å². The van der Waals surface area contributed by atoms with Crippen LogP contribution in [0.15, 0.2) is 36.4 Å². The topological polar surface area (TPSA) is 50.9 Å². The summed E-state index contributed by atoms with van der Waals surface area (Å²) in [5.74, 6) is 0.624. The molecule has 0 saturated heterocycles. The molecule has 1 heterocycles. The first-order chi connectivity index (χ1) is 8.54. The highest BCUT2D eigenvalue weighted by molar-refractivity contribution is 7.80. The summed E-state index contributed by atoms with van der Waals surface area (Å²) in [6.07, 6.45) is 0. The van der Waals surface area contributed by atoms with Crippen molar-refractivity contribution in [2.45, 2.75) is 0 Å². The highest BCUT2D eigenvalue weighted by Crippen LogP contribution is 2.24. The SMILES string of the molecule is NC(=S)c1cccc(Nc2cc(Cl)cc(Cl)c2)n1. The van der Waals surface area contributed by atoms with Crippen molar-refractivity contribution in [3.05, 3.63) is 52.1 Å². The predicted octanol–water partition coefficient (Wildman–Crippen LogP) is 3.77. The van der Waals surface area contributed by atoms with Crippen LogP contribution in [0.2, 0.25) is 10.0 Å². The van der Waals surface area contributed by atoms with Crippen molar-refractivity contribution in [1.29, 1.82) is 0 Å². The molecule has 3 nitrogen and oxygen atoms in total. The smallest absolute Gasteiger partial charge is 0.131 e. The van der Waals surface area contributed by atoms with Gasteiger partial charge in [0, 0.05) is 15.7 Å². The van der Waals surface area contributed by atoms with E-state index in [2.05, 4.69) is 10.3 Å². The van der Waals surface area contributed by atoms with Crippen LogP contribution in [0, 0.1) is 0 Å². The summed E-state index contributed by atoms with van der Waals surface area (Å²) in [4.78, 5) is 4.52. The third-order valence-electron chi connectivity index (χ3n) is 2.14. The van der Waals surface area contributed by atoms with E-state index >= 15 is 0 Å². The van der Waals surface area contributed by atoms with E-state index in [1.807, 2.05) is 6.07 Å². The molecule has 0 bridgehead atoms. The summed E-state index contributed by atoms with van der Waals surface area (Å²) in [6.45, 7) is 0. The number of rotatable bonds is 3. The summed E-state index contributed by atoms with van der Waals surface area (Å²) in [6, 6.07) is 10.5. The van der Waals surface area contributed by atoms with Gasteiger partial charge in [-0.2, -0.15) is 0 Å². The maximum absolute atomic E-state index is 5.91. The first-order valence-corrected chi connectivity index (χ1v) is 6.21. The number of benzene rings is 1. The summed E-state index contributed by atoms with van der Waals surface area (Å²) >= 11 is 16.7. The van der Waals surface area contributed by atoms with Gasteiger partial charge in [-0.15, -0.1) is 0 Å². The van der Waals surface area contributed by atoms with E-state index in [0.717, 1.165) is 5.69 Å². The Morgan fingerprint density at radius 1 is 1.17 bits per heavy atom. The van der Waals surface area contributed by atoms with Crippen molar-refractivity contribution in [1.82, 2.24) is 4.98 Å². The Bertz CT molecular complexity index is 581. The first kappa shape index (κ1) is 13.1. The Morgan fingerprint density at radius 2 is 1.83 bits per heavy atom. The quantitative estimate of drug-likeness (QED) is 0.847. The van der Waals surface area contributed by atoms with Crippen molar-refractivity contribution < 1.29 is 0 Å². The van der Waals surface area contributed by atoms with Crippen LogP contribution in [0.25, 0.3) is 0 Å². The van der Waals surface area contributed by atoms with Gasteiger partial charge in [0.25, 0.3) is 0 Å². The van der Waals surface area contributed by atoms with E-state index in [4.69, 9.17) is 41.2 Å². The van der Waals surface area contributed by atoms with Gasteiger partial charge in [-0.1, -0.05) is 41.5 Å². The molecule has 0 aliphatic carbocycles. The van der Waals surface area contributed by atoms with Crippen LogP contribution >= 0.6 is 35.4 Å². The summed E-state index contributed by atoms with van der Waals surface area (Å²) in [5.41, 5.74) is 6.83. The summed E-state index contributed by atoms with van der Waals surface area (Å²) in [7, 11) is 0. The van der Waals surface area contributed by atoms with Crippen LogP contribution in [-0.4, -0.2) is 9.97 Å². The van der Waals surface area contributed by atoms with Crippen LogP contribution in [0.5, 0.6) is 0 Å². The predicted molar refractivity (Wildman–Crippen MR) is 79.9 cm³/mol. The molecular formula is C12H9Cl2N3S. The normalized spacial score (nSPS) is 10.1. The number of hydrogen-bond donors (Lipinski definition) is 2. The summed E-state index contributed by atoms with van der Waals surface area (Å²) in [5, 5.41) is 4.19. The van der Waals surface area contributed by atoms with E-state index in [1.54, 1.807) is 30.3 Å². The lowest BCUT2D eigenvalue weighted by Crippen LogP contribution is -2.12. The largest absolute Gasteiger partial charge is 0.388 e. The van der Waals surface area contributed by atoms with Gasteiger partial charge in [-0.05, 0) is 30.3 Å². The number of hydrogen-bond acceptors (Lipinski definition) is 3. The average Bonchev–Trinajstić information content (AvgIpc) is 2.27. The van der Waals surface area contributed by atoms with Crippen molar-refractivity contribution >= 4 is 51.9 Å². The van der Waals surface area contributed by atoms with Crippen molar-refractivity contribution in [2.24, 2.45) is 5.73 Å². The van der Waals surface area contributed by atoms with Crippen LogP contribution in [0.3, 0.4) is 0 Å². The number of nitrogens with one attached hydrogen (secondary N) is 1. The number of pyridine rings is 1. The minimum atomic E-state index is 0.253. The molecule has 0 atom stereocenters. The fourth-order valence-corrected chi connectivity index (χ4v) is 2.06. The van der Waals surface area contributed by atoms with E-state index in [0.29, 0.717) is 21.6 Å². The third kappa shape index (κ3) is 3.32. The van der Waals surface area contributed by atoms with Gasteiger partial charge < -0.3 is 11.1 Å². The Balaban J connectivity index is 2.28. The number of nitrogens with two attached hydrogens (primary N) is 1. The number of aromatic nitrogens is 1. The van der Waals surface area contributed by atoms with Gasteiger partial charge >= 0.3 is 0 Å². The molecule has 0 spiro atoms. The molecule has 0 aliphatic heterocycles. The van der Waals surface area contributed by atoms with E-state index in [9.17, 15) is 0 Å². The van der Waals surface area contributed by atoms with Crippen LogP contribution in [0.4, 0.5) is 11.5 Å². The van der Waals surface area contributed by atoms with Gasteiger partial charge in [-0.25, -0.2) is 4.98 Å². The molecule has 1 aromatic carbocycles. The molecule has 0 saturated carbocycles. The Hall–Kier alpha value is -1.36. The number of thiocarbonyl (C=S) groups is 1. The molecule has 0 unspecified atom stereocenters. The second-order valence-corrected chi connectivity index (χ2v) is 4.87. The fourth-order valence-electron chi connectivity index (χ4n) is 1.42. The Kier molecular flexibility index (Phi) is 4.01. The third-order valence-corrected chi connectivity index (χ3v) is 2.78. The van der Waals surface area contributed by atoms with E-state index < -0.39 is 0 Å². The van der Waals surface area contributed by atoms with Crippen molar-refractivity contribution in [3.63, 3.8) is 0 Å². The molecule has 0 amide bonds.